The number of amides is 1. The standard InChI is InChI=1S/C13H19NO4S/c1-4-5-6-13(15)14(2)19(16,17)12-9-7-11(18-3)8-10-12/h7-10H,4-6H2,1-3H3. The van der Waals surface area contributed by atoms with Crippen LogP contribution in [0.5, 0.6) is 5.75 Å². The predicted octanol–water partition coefficient (Wildman–Crippen LogP) is 2.03. The summed E-state index contributed by atoms with van der Waals surface area (Å²) in [5.41, 5.74) is 0. The van der Waals surface area contributed by atoms with Gasteiger partial charge in [-0.25, -0.2) is 12.7 Å². The van der Waals surface area contributed by atoms with E-state index in [1.165, 1.54) is 26.3 Å². The number of ether oxygens (including phenoxy) is 1. The first-order valence-corrected chi connectivity index (χ1v) is 7.53. The Bertz CT molecular complexity index is 522. The van der Waals surface area contributed by atoms with Gasteiger partial charge in [0.15, 0.2) is 0 Å². The molecule has 0 unspecified atom stereocenters. The number of hydrogen-bond donors (Lipinski definition) is 0. The fraction of sp³-hybridized carbons (Fsp3) is 0.462. The molecule has 1 amide bonds. The number of benzene rings is 1. The summed E-state index contributed by atoms with van der Waals surface area (Å²) in [6, 6.07) is 5.96. The average Bonchev–Trinajstić information content (AvgIpc) is 2.43. The van der Waals surface area contributed by atoms with Crippen molar-refractivity contribution in [3.63, 3.8) is 0 Å². The molecule has 0 fully saturated rings. The first-order valence-electron chi connectivity index (χ1n) is 6.09. The van der Waals surface area contributed by atoms with Gasteiger partial charge in [0.05, 0.1) is 12.0 Å². The van der Waals surface area contributed by atoms with Crippen LogP contribution in [-0.4, -0.2) is 32.8 Å². The first kappa shape index (κ1) is 15.5. The topological polar surface area (TPSA) is 63.7 Å². The normalized spacial score (nSPS) is 11.1. The van der Waals surface area contributed by atoms with Gasteiger partial charge in [-0.3, -0.25) is 4.79 Å². The molecule has 6 heteroatoms. The van der Waals surface area contributed by atoms with Crippen molar-refractivity contribution in [2.75, 3.05) is 14.2 Å². The Morgan fingerprint density at radius 3 is 2.32 bits per heavy atom. The van der Waals surface area contributed by atoms with E-state index in [0.717, 1.165) is 10.7 Å². The van der Waals surface area contributed by atoms with E-state index in [4.69, 9.17) is 4.74 Å². The molecule has 0 aliphatic rings. The van der Waals surface area contributed by atoms with Crippen LogP contribution >= 0.6 is 0 Å². The molecule has 0 radical (unpaired) electrons. The van der Waals surface area contributed by atoms with E-state index in [1.54, 1.807) is 12.1 Å². The van der Waals surface area contributed by atoms with Crippen LogP contribution < -0.4 is 4.74 Å². The summed E-state index contributed by atoms with van der Waals surface area (Å²) < 4.78 is 30.2. The van der Waals surface area contributed by atoms with Crippen molar-refractivity contribution in [2.24, 2.45) is 0 Å². The molecule has 1 rings (SSSR count). The molecule has 0 N–H and O–H groups in total. The molecule has 0 saturated carbocycles. The number of methoxy groups -OCH3 is 1. The first-order chi connectivity index (χ1) is 8.93. The summed E-state index contributed by atoms with van der Waals surface area (Å²) in [5, 5.41) is 0. The number of unbranched alkanes of at least 4 members (excludes halogenated alkanes) is 1. The van der Waals surface area contributed by atoms with Crippen LogP contribution in [0.2, 0.25) is 0 Å². The number of carbonyl (C=O) groups is 1. The molecule has 1 aromatic rings. The lowest BCUT2D eigenvalue weighted by molar-refractivity contribution is -0.125. The van der Waals surface area contributed by atoms with Crippen molar-refractivity contribution >= 4 is 15.9 Å². The van der Waals surface area contributed by atoms with Crippen molar-refractivity contribution in [3.8, 4) is 5.75 Å². The maximum absolute atomic E-state index is 12.2. The minimum absolute atomic E-state index is 0.0839. The highest BCUT2D eigenvalue weighted by Gasteiger charge is 2.24. The molecule has 106 valence electrons. The van der Waals surface area contributed by atoms with Crippen LogP contribution in [0.25, 0.3) is 0 Å². The van der Waals surface area contributed by atoms with Crippen molar-refractivity contribution in [3.05, 3.63) is 24.3 Å². The van der Waals surface area contributed by atoms with Gasteiger partial charge >= 0.3 is 0 Å². The molecular weight excluding hydrogens is 266 g/mol. The summed E-state index contributed by atoms with van der Waals surface area (Å²) in [4.78, 5) is 11.9. The highest BCUT2D eigenvalue weighted by molar-refractivity contribution is 7.89. The Balaban J connectivity index is 2.92. The Morgan fingerprint density at radius 2 is 1.84 bits per heavy atom. The van der Waals surface area contributed by atoms with Gasteiger partial charge in [0.1, 0.15) is 5.75 Å². The van der Waals surface area contributed by atoms with Crippen LogP contribution in [0.3, 0.4) is 0 Å². The molecule has 1 aromatic carbocycles. The van der Waals surface area contributed by atoms with Crippen LogP contribution in [0, 0.1) is 0 Å². The maximum atomic E-state index is 12.2. The van der Waals surface area contributed by atoms with Crippen LogP contribution in [-0.2, 0) is 14.8 Å². The lowest BCUT2D eigenvalue weighted by Crippen LogP contribution is -2.33. The van der Waals surface area contributed by atoms with Crippen molar-refractivity contribution < 1.29 is 17.9 Å². The zero-order valence-corrected chi connectivity index (χ0v) is 12.2. The van der Waals surface area contributed by atoms with Gasteiger partial charge in [0.2, 0.25) is 5.91 Å². The highest BCUT2D eigenvalue weighted by Crippen LogP contribution is 2.19. The predicted molar refractivity (Wildman–Crippen MR) is 72.5 cm³/mol. The maximum Gasteiger partial charge on any atom is 0.266 e. The monoisotopic (exact) mass is 285 g/mol. The second-order valence-electron chi connectivity index (χ2n) is 4.15. The van der Waals surface area contributed by atoms with Gasteiger partial charge in [-0.1, -0.05) is 13.3 Å². The van der Waals surface area contributed by atoms with Crippen LogP contribution in [0.15, 0.2) is 29.2 Å². The van der Waals surface area contributed by atoms with Crippen molar-refractivity contribution in [2.45, 2.75) is 31.1 Å². The molecule has 0 bridgehead atoms. The molecule has 5 nitrogen and oxygen atoms in total. The molecular formula is C13H19NO4S. The Hall–Kier alpha value is -1.56. The number of hydrogen-bond acceptors (Lipinski definition) is 4. The molecule has 19 heavy (non-hydrogen) atoms. The van der Waals surface area contributed by atoms with Gasteiger partial charge in [-0.15, -0.1) is 0 Å². The molecule has 0 aromatic heterocycles. The molecule has 0 heterocycles. The summed E-state index contributed by atoms with van der Waals surface area (Å²) in [7, 11) is -0.972. The molecule has 0 atom stereocenters. The van der Waals surface area contributed by atoms with E-state index < -0.39 is 15.9 Å². The smallest absolute Gasteiger partial charge is 0.266 e. The Kier molecular flexibility index (Phi) is 5.35. The third kappa shape index (κ3) is 3.70. The molecule has 0 aliphatic carbocycles. The third-order valence-corrected chi connectivity index (χ3v) is 4.61. The van der Waals surface area contributed by atoms with E-state index in [2.05, 4.69) is 0 Å². The van der Waals surface area contributed by atoms with Gasteiger partial charge in [-0.2, -0.15) is 0 Å². The lowest BCUT2D eigenvalue weighted by Gasteiger charge is -2.17. The largest absolute Gasteiger partial charge is 0.497 e. The molecule has 0 saturated heterocycles. The minimum atomic E-state index is -3.77. The van der Waals surface area contributed by atoms with Crippen molar-refractivity contribution in [1.82, 2.24) is 4.31 Å². The Morgan fingerprint density at radius 1 is 1.26 bits per heavy atom. The van der Waals surface area contributed by atoms with Gasteiger partial charge in [0, 0.05) is 13.5 Å². The van der Waals surface area contributed by atoms with Gasteiger partial charge in [-0.05, 0) is 30.7 Å². The average molecular weight is 285 g/mol. The third-order valence-electron chi connectivity index (χ3n) is 2.81. The van der Waals surface area contributed by atoms with E-state index in [-0.39, 0.29) is 11.3 Å². The second-order valence-corrected chi connectivity index (χ2v) is 6.11. The Labute approximate surface area is 114 Å². The SMILES string of the molecule is CCCCC(=O)N(C)S(=O)(=O)c1ccc(OC)cc1. The molecule has 0 spiro atoms. The van der Waals surface area contributed by atoms with Crippen molar-refractivity contribution in [1.29, 1.82) is 0 Å². The quantitative estimate of drug-likeness (QED) is 0.802. The van der Waals surface area contributed by atoms with E-state index in [9.17, 15) is 13.2 Å². The zero-order valence-electron chi connectivity index (χ0n) is 11.4. The lowest BCUT2D eigenvalue weighted by atomic mass is 10.2. The number of carbonyl (C=O) groups excluding carboxylic acids is 1. The van der Waals surface area contributed by atoms with E-state index in [0.29, 0.717) is 12.2 Å². The van der Waals surface area contributed by atoms with Crippen LogP contribution in [0.4, 0.5) is 0 Å². The zero-order chi connectivity index (χ0) is 14.5. The van der Waals surface area contributed by atoms with E-state index in [1.807, 2.05) is 6.92 Å². The minimum Gasteiger partial charge on any atom is -0.497 e. The fourth-order valence-electron chi connectivity index (χ4n) is 1.53. The summed E-state index contributed by atoms with van der Waals surface area (Å²) in [5.74, 6) is 0.177. The number of rotatable bonds is 6. The van der Waals surface area contributed by atoms with E-state index >= 15 is 0 Å². The summed E-state index contributed by atoms with van der Waals surface area (Å²) in [6.07, 6.45) is 1.77. The van der Waals surface area contributed by atoms with Gasteiger partial charge in [0.25, 0.3) is 10.0 Å². The van der Waals surface area contributed by atoms with Gasteiger partial charge < -0.3 is 4.74 Å². The second kappa shape index (κ2) is 6.56. The number of nitrogens with zero attached hydrogens (tertiary/aromatic N) is 1. The fourth-order valence-corrected chi connectivity index (χ4v) is 2.68. The number of sulfonamides is 1. The van der Waals surface area contributed by atoms with Crippen LogP contribution in [0.1, 0.15) is 26.2 Å². The summed E-state index contributed by atoms with van der Waals surface area (Å²) in [6.45, 7) is 1.95. The highest BCUT2D eigenvalue weighted by atomic mass is 32.2. The summed E-state index contributed by atoms with van der Waals surface area (Å²) >= 11 is 0. The molecule has 0 aliphatic heterocycles.